The van der Waals surface area contributed by atoms with Gasteiger partial charge in [0.1, 0.15) is 108 Å². The summed E-state index contributed by atoms with van der Waals surface area (Å²) in [6.07, 6.45) is -6.31. The van der Waals surface area contributed by atoms with Gasteiger partial charge in [0.25, 0.3) is 0 Å². The van der Waals surface area contributed by atoms with E-state index >= 15 is 0 Å². The molecule has 6 aromatic heterocycles. The van der Waals surface area contributed by atoms with Gasteiger partial charge in [0, 0.05) is 83.2 Å². The third-order valence-corrected chi connectivity index (χ3v) is 20.1. The number of aliphatic hydroxyl groups is 12. The van der Waals surface area contributed by atoms with Gasteiger partial charge in [-0.3, -0.25) is 14.0 Å². The number of nitrogens with zero attached hydrogens (tertiary/aromatic N) is 11. The maximum Gasteiger partial charge on any atom is 0.187 e. The highest BCUT2D eigenvalue weighted by Gasteiger charge is 2.47. The van der Waals surface area contributed by atoms with Gasteiger partial charge in [0.2, 0.25) is 0 Å². The Balaban J connectivity index is 0.695. The average Bonchev–Trinajstić information content (AvgIpc) is 1.70. The van der Waals surface area contributed by atoms with Gasteiger partial charge in [0.05, 0.1) is 101 Å². The summed E-state index contributed by atoms with van der Waals surface area (Å²) in [5, 5.41) is 146. The molecule has 3 saturated heterocycles. The average molecular weight is 1570 g/mol. The predicted molar refractivity (Wildman–Crippen MR) is 407 cm³/mol. The van der Waals surface area contributed by atoms with Crippen LogP contribution in [0.5, 0.6) is 17.2 Å². The Labute approximate surface area is 650 Å². The van der Waals surface area contributed by atoms with Gasteiger partial charge in [-0.2, -0.15) is 0 Å². The number of fused-ring (bicyclic) bond motifs is 8. The van der Waals surface area contributed by atoms with Gasteiger partial charge < -0.3 is 114 Å². The van der Waals surface area contributed by atoms with Gasteiger partial charge >= 0.3 is 0 Å². The number of aromatic nitrogens is 13. The molecule has 34 heteroatoms. The van der Waals surface area contributed by atoms with Gasteiger partial charge in [0.15, 0.2) is 18.9 Å². The highest BCUT2D eigenvalue weighted by Crippen LogP contribution is 2.40. The number of aryl methyl sites for hydroxylation is 3. The largest absolute Gasteiger partial charge is 0.494 e. The van der Waals surface area contributed by atoms with Crippen LogP contribution in [0.1, 0.15) is 59.1 Å². The van der Waals surface area contributed by atoms with Crippen LogP contribution >= 0.6 is 0 Å². The monoisotopic (exact) mass is 1570 g/mol. The normalized spacial score (nSPS) is 24.2. The molecule has 8 bridgehead atoms. The van der Waals surface area contributed by atoms with E-state index in [9.17, 15) is 61.3 Å². The minimum Gasteiger partial charge on any atom is -0.494 e. The van der Waals surface area contributed by atoms with E-state index in [4.69, 9.17) is 52.6 Å². The van der Waals surface area contributed by atoms with Crippen molar-refractivity contribution in [2.24, 2.45) is 0 Å². The lowest BCUT2D eigenvalue weighted by Gasteiger charge is -2.39. The highest BCUT2D eigenvalue weighted by molar-refractivity contribution is 6.00. The van der Waals surface area contributed by atoms with E-state index in [1.807, 2.05) is 127 Å². The van der Waals surface area contributed by atoms with Crippen LogP contribution in [0.15, 0.2) is 146 Å². The van der Waals surface area contributed by atoms with Crippen LogP contribution < -0.4 is 14.2 Å². The fourth-order valence-corrected chi connectivity index (χ4v) is 14.1. The Kier molecular flexibility index (Phi) is 24.9. The molecule has 0 unspecified atom stereocenters. The molecule has 0 spiro atoms. The molecule has 5 aliphatic rings. The van der Waals surface area contributed by atoms with Crippen molar-refractivity contribution >= 4 is 46.4 Å². The Morgan fingerprint density at radius 3 is 0.895 bits per heavy atom. The molecule has 3 fully saturated rings. The zero-order chi connectivity index (χ0) is 78.9. The number of rotatable bonds is 31. The molecule has 15 rings (SSSR count). The molecule has 114 heavy (non-hydrogen) atoms. The number of aliphatic hydroxyl groups excluding tert-OH is 12. The van der Waals surface area contributed by atoms with E-state index in [1.165, 1.54) is 0 Å². The number of H-pyrrole nitrogens is 2. The number of ether oxygens (including phenoxy) is 9. The van der Waals surface area contributed by atoms with Gasteiger partial charge in [-0.05, 0) is 107 Å². The molecule has 0 saturated carbocycles. The topological polar surface area (TPSA) is 475 Å². The standard InChI is InChI=1S/C80H87N13O21/c94-38-62-69(97)72(100)75(103)78(112-62)109-41-48-35-91(88-85-48)29-4-32-106-51-15-9-45(10-16-51)66-56-23-21-54(81-56)65(44-7-2-1-3-8-44)55-22-24-57(82-55)67(46-11-17-52(18-12-46)107-33-5-30-92-36-49(86-89-92)42-110-79-76(104)73(101)70(98)63(39-95)113-79)59-26-28-61(84-59)68(60-27-25-58(66)83-60)47-13-19-53(20-14-47)108-34-6-31-93-37-50(87-90-93)43-111-80-77(105)74(102)71(99)64(40-96)114-80/h1-3,7-28,35-37,62-64,69-81,84,94-105H,4-6,29-34,38-43H2/t62-,63-,64-,69-,70-,71-,72+,73+,74+,75+,76+,77+,78+,79+,80+/m1/s1. The van der Waals surface area contributed by atoms with Crippen molar-refractivity contribution in [2.75, 3.05) is 39.6 Å². The number of benzene rings is 4. The Morgan fingerprint density at radius 1 is 0.333 bits per heavy atom. The van der Waals surface area contributed by atoms with Crippen molar-refractivity contribution in [3.63, 3.8) is 0 Å². The quantitative estimate of drug-likeness (QED) is 0.0277. The fraction of sp³-hybridized carbons (Fsp3) is 0.375. The van der Waals surface area contributed by atoms with E-state index < -0.39 is 112 Å². The van der Waals surface area contributed by atoms with Crippen LogP contribution in [0.2, 0.25) is 0 Å². The molecule has 11 heterocycles. The summed E-state index contributed by atoms with van der Waals surface area (Å²) >= 11 is 0. The number of nitrogens with one attached hydrogen (secondary N) is 2. The molecule has 0 aliphatic carbocycles. The molecular weight excluding hydrogens is 1480 g/mol. The van der Waals surface area contributed by atoms with Crippen molar-refractivity contribution in [1.29, 1.82) is 0 Å². The van der Waals surface area contributed by atoms with Gasteiger partial charge in [-0.1, -0.05) is 82.4 Å². The molecule has 34 nitrogen and oxygen atoms in total. The second kappa shape index (κ2) is 36.0. The molecule has 10 aromatic rings. The van der Waals surface area contributed by atoms with E-state index in [0.717, 1.165) is 72.3 Å². The molecule has 4 aromatic carbocycles. The SMILES string of the molecule is OC[C@H]1O[C@H](OCc2cn(CCCOc3ccc(-c4c5nc(c(-c6ccc(OCCCn7cc(CO[C@H]8O[C@H](CO)[C@@H](O)[C@H](O)[C@@H]8O)nn7)cc6)c6ccc([nH]6)c(-c6ccc(OCCCn7cc(CO[C@H]8O[C@H](CO)[C@@H](O)[C@H](O)[C@@H]8O)nn7)cc6)c6nc(c(-c7ccccc7)c7ccc4[nH]7)C=C6)C=C5)cc3)nn2)[C@@H](O)[C@@H](O)[C@@H]1O. The summed E-state index contributed by atoms with van der Waals surface area (Å²) in [6.45, 7) is 0.270. The molecule has 0 radical (unpaired) electrons. The molecule has 598 valence electrons. The minimum absolute atomic E-state index is 0.115. The van der Waals surface area contributed by atoms with Crippen molar-refractivity contribution in [3.05, 3.63) is 186 Å². The van der Waals surface area contributed by atoms with E-state index in [1.54, 1.807) is 32.6 Å². The first-order valence-electron chi connectivity index (χ1n) is 37.4. The maximum absolute atomic E-state index is 10.4. The third-order valence-electron chi connectivity index (χ3n) is 20.1. The summed E-state index contributed by atoms with van der Waals surface area (Å²) in [5.41, 5.74) is 14.0. The first kappa shape index (κ1) is 78.8. The Bertz CT molecular complexity index is 4980. The maximum atomic E-state index is 10.4. The van der Waals surface area contributed by atoms with Crippen molar-refractivity contribution < 1.29 is 104 Å². The lowest BCUT2D eigenvalue weighted by atomic mass is 9.99. The molecule has 5 aliphatic heterocycles. The molecular formula is C80H87N13O21. The second-order valence-corrected chi connectivity index (χ2v) is 28.0. The number of aromatic amines is 2. The summed E-state index contributed by atoms with van der Waals surface area (Å²) in [5.74, 6) is 1.89. The summed E-state index contributed by atoms with van der Waals surface area (Å²) in [7, 11) is 0. The molecule has 14 N–H and O–H groups in total. The number of hydrogen-bond acceptors (Lipinski definition) is 29. The van der Waals surface area contributed by atoms with Crippen LogP contribution in [0.3, 0.4) is 0 Å². The van der Waals surface area contributed by atoms with Crippen LogP contribution in [-0.4, -0.2) is 258 Å². The first-order chi connectivity index (χ1) is 55.5. The van der Waals surface area contributed by atoms with E-state index in [-0.39, 0.29) is 19.8 Å². The van der Waals surface area contributed by atoms with E-state index in [2.05, 4.69) is 65.2 Å². The van der Waals surface area contributed by atoms with Crippen molar-refractivity contribution in [2.45, 2.75) is 151 Å². The summed E-state index contributed by atoms with van der Waals surface area (Å²) < 4.78 is 57.2. The van der Waals surface area contributed by atoms with Crippen LogP contribution in [0.25, 0.3) is 90.9 Å². The lowest BCUT2D eigenvalue weighted by molar-refractivity contribution is -0.304. The third kappa shape index (κ3) is 17.8. The zero-order valence-corrected chi connectivity index (χ0v) is 61.4. The molecule has 0 amide bonds. The van der Waals surface area contributed by atoms with Gasteiger partial charge in [-0.25, -0.2) is 9.97 Å². The van der Waals surface area contributed by atoms with E-state index in [0.29, 0.717) is 110 Å². The fourth-order valence-electron chi connectivity index (χ4n) is 14.1. The zero-order valence-electron chi connectivity index (χ0n) is 61.4. The van der Waals surface area contributed by atoms with Crippen LogP contribution in [0, 0.1) is 0 Å². The smallest absolute Gasteiger partial charge is 0.187 e. The minimum atomic E-state index is -1.58. The second-order valence-electron chi connectivity index (χ2n) is 28.0. The summed E-state index contributed by atoms with van der Waals surface area (Å²) in [6, 6.07) is 41.9. The molecule has 15 atom stereocenters. The van der Waals surface area contributed by atoms with Crippen LogP contribution in [-0.2, 0) is 67.9 Å². The van der Waals surface area contributed by atoms with Crippen molar-refractivity contribution in [3.8, 4) is 61.8 Å². The summed E-state index contributed by atoms with van der Waals surface area (Å²) in [4.78, 5) is 18.6. The first-order valence-corrected chi connectivity index (χ1v) is 37.4. The predicted octanol–water partition coefficient (Wildman–Crippen LogP) is 3.45. The lowest BCUT2D eigenvalue weighted by Crippen LogP contribution is -2.59. The Hall–Kier alpha value is -10.4. The Morgan fingerprint density at radius 2 is 0.614 bits per heavy atom. The highest BCUT2D eigenvalue weighted by atomic mass is 16.7. The number of hydrogen-bond donors (Lipinski definition) is 14. The van der Waals surface area contributed by atoms with Crippen molar-refractivity contribution in [1.82, 2.24) is 64.9 Å². The van der Waals surface area contributed by atoms with Gasteiger partial charge in [-0.15, -0.1) is 15.3 Å². The van der Waals surface area contributed by atoms with Crippen LogP contribution in [0.4, 0.5) is 0 Å².